The molecule has 0 fully saturated rings. The molecule has 4 heterocycles. The van der Waals surface area contributed by atoms with E-state index in [-0.39, 0.29) is 34.1 Å². The van der Waals surface area contributed by atoms with Crippen LogP contribution in [0.4, 0.5) is 4.39 Å². The zero-order valence-electron chi connectivity index (χ0n) is 16.8. The number of nitrogens with zero attached hydrogens (tertiary/aromatic N) is 3. The summed E-state index contributed by atoms with van der Waals surface area (Å²) in [4.78, 5) is 27.4. The van der Waals surface area contributed by atoms with Crippen molar-refractivity contribution in [3.8, 4) is 23.0 Å². The number of hydrogen-bond donors (Lipinski definition) is 2. The van der Waals surface area contributed by atoms with Gasteiger partial charge >= 0.3 is 0 Å². The van der Waals surface area contributed by atoms with Crippen molar-refractivity contribution in [2.45, 2.75) is 25.0 Å². The SMILES string of the molecule is CS(=O)(=O)Cc1cnc(Cl)nc1Oc1ncc2c(c1F)-c1[nH]c3c(c1CC2)C(=O)NCC3. The van der Waals surface area contributed by atoms with Gasteiger partial charge in [0.15, 0.2) is 15.7 Å². The van der Waals surface area contributed by atoms with Crippen LogP contribution in [-0.4, -0.2) is 47.1 Å². The molecule has 5 rings (SSSR count). The van der Waals surface area contributed by atoms with Crippen LogP contribution in [0.25, 0.3) is 11.3 Å². The van der Waals surface area contributed by atoms with E-state index in [9.17, 15) is 13.2 Å². The second-order valence-corrected chi connectivity index (χ2v) is 10.2. The third kappa shape index (κ3) is 3.61. The van der Waals surface area contributed by atoms with Gasteiger partial charge in [-0.15, -0.1) is 0 Å². The van der Waals surface area contributed by atoms with Crippen molar-refractivity contribution >= 4 is 27.3 Å². The minimum atomic E-state index is -3.44. The lowest BCUT2D eigenvalue weighted by atomic mass is 9.88. The molecule has 1 amide bonds. The van der Waals surface area contributed by atoms with Crippen LogP contribution in [0.3, 0.4) is 0 Å². The maximum atomic E-state index is 15.6. The highest BCUT2D eigenvalue weighted by molar-refractivity contribution is 7.89. The van der Waals surface area contributed by atoms with Gasteiger partial charge in [0.05, 0.1) is 17.0 Å². The molecule has 1 aliphatic heterocycles. The topological polar surface area (TPSA) is 127 Å². The van der Waals surface area contributed by atoms with Crippen LogP contribution in [0.2, 0.25) is 5.28 Å². The van der Waals surface area contributed by atoms with Crippen molar-refractivity contribution < 1.29 is 22.3 Å². The van der Waals surface area contributed by atoms with Crippen molar-refractivity contribution in [2.75, 3.05) is 12.8 Å². The van der Waals surface area contributed by atoms with Gasteiger partial charge in [0.1, 0.15) is 0 Å². The third-order valence-corrected chi connectivity index (χ3v) is 6.45. The molecule has 0 radical (unpaired) electrons. The molecule has 0 saturated carbocycles. The number of hydrogen-bond acceptors (Lipinski definition) is 7. The number of carbonyl (C=O) groups excluding carboxylic acids is 1. The Kier molecular flexibility index (Phi) is 4.90. The highest BCUT2D eigenvalue weighted by Gasteiger charge is 2.32. The molecule has 0 unspecified atom stereocenters. The number of aryl methyl sites for hydroxylation is 1. The largest absolute Gasteiger partial charge is 0.417 e. The van der Waals surface area contributed by atoms with Crippen LogP contribution in [-0.2, 0) is 34.9 Å². The summed E-state index contributed by atoms with van der Waals surface area (Å²) < 4.78 is 44.7. The van der Waals surface area contributed by atoms with Crippen LogP contribution in [0.15, 0.2) is 12.4 Å². The first-order chi connectivity index (χ1) is 15.2. The van der Waals surface area contributed by atoms with Crippen molar-refractivity contribution in [1.29, 1.82) is 0 Å². The van der Waals surface area contributed by atoms with Gasteiger partial charge in [-0.1, -0.05) is 0 Å². The summed E-state index contributed by atoms with van der Waals surface area (Å²) in [6.45, 7) is 0.517. The molecule has 2 aliphatic rings. The van der Waals surface area contributed by atoms with Crippen LogP contribution >= 0.6 is 11.6 Å². The maximum absolute atomic E-state index is 15.6. The average molecular weight is 478 g/mol. The first-order valence-electron chi connectivity index (χ1n) is 9.78. The van der Waals surface area contributed by atoms with E-state index in [0.717, 1.165) is 17.5 Å². The number of halogens is 2. The van der Waals surface area contributed by atoms with Crippen molar-refractivity contribution in [3.63, 3.8) is 0 Å². The quantitative estimate of drug-likeness (QED) is 0.552. The second kappa shape index (κ2) is 7.52. The van der Waals surface area contributed by atoms with Gasteiger partial charge in [0.2, 0.25) is 11.2 Å². The minimum absolute atomic E-state index is 0.128. The number of carbonyl (C=O) groups is 1. The summed E-state index contributed by atoms with van der Waals surface area (Å²) in [5, 5.41) is 2.64. The Balaban J connectivity index is 1.60. The van der Waals surface area contributed by atoms with Crippen molar-refractivity contribution in [3.05, 3.63) is 51.4 Å². The number of nitrogens with one attached hydrogen (secondary N) is 2. The minimum Gasteiger partial charge on any atom is -0.417 e. The Morgan fingerprint density at radius 2 is 1.97 bits per heavy atom. The molecular formula is C20H17ClFN5O4S. The van der Waals surface area contributed by atoms with E-state index in [1.807, 2.05) is 0 Å². The average Bonchev–Trinajstić information content (AvgIpc) is 3.11. The van der Waals surface area contributed by atoms with E-state index in [1.54, 1.807) is 0 Å². The van der Waals surface area contributed by atoms with Crippen molar-refractivity contribution in [2.24, 2.45) is 0 Å². The molecule has 0 saturated heterocycles. The number of aromatic amines is 1. The summed E-state index contributed by atoms with van der Waals surface area (Å²) in [6.07, 6.45) is 5.51. The number of rotatable bonds is 4. The second-order valence-electron chi connectivity index (χ2n) is 7.76. The molecule has 3 aromatic rings. The van der Waals surface area contributed by atoms with E-state index < -0.39 is 21.4 Å². The fourth-order valence-corrected chi connectivity index (χ4v) is 5.03. The van der Waals surface area contributed by atoms with Gasteiger partial charge in [-0.05, 0) is 35.6 Å². The Bertz CT molecular complexity index is 1390. The summed E-state index contributed by atoms with van der Waals surface area (Å²) >= 11 is 5.84. The van der Waals surface area contributed by atoms with Crippen LogP contribution in [0, 0.1) is 5.82 Å². The summed E-state index contributed by atoms with van der Waals surface area (Å²) in [5.74, 6) is -1.88. The predicted octanol–water partition coefficient (Wildman–Crippen LogP) is 2.38. The number of aromatic nitrogens is 4. The molecule has 9 nitrogen and oxygen atoms in total. The number of ether oxygens (including phenoxy) is 1. The fourth-order valence-electron chi connectivity index (χ4n) is 4.14. The van der Waals surface area contributed by atoms with E-state index in [0.29, 0.717) is 42.6 Å². The van der Waals surface area contributed by atoms with E-state index in [1.165, 1.54) is 12.4 Å². The number of sulfone groups is 1. The standard InChI is InChI=1S/C20H17ClFN5O4S/c1-32(29,30)8-10-7-25-20(21)27-18(10)31-19-15(22)13-9(6-24-19)2-3-11-14-12(26-16(11)13)4-5-23-17(14)28/h6-7,26H,2-5,8H2,1H3,(H,23,28). The van der Waals surface area contributed by atoms with Crippen molar-refractivity contribution in [1.82, 2.24) is 25.3 Å². The van der Waals surface area contributed by atoms with E-state index in [4.69, 9.17) is 16.3 Å². The van der Waals surface area contributed by atoms with Crippen LogP contribution in [0.5, 0.6) is 11.8 Å². The molecular weight excluding hydrogens is 461 g/mol. The maximum Gasteiger partial charge on any atom is 0.258 e. The fraction of sp³-hybridized carbons (Fsp3) is 0.300. The summed E-state index contributed by atoms with van der Waals surface area (Å²) in [6, 6.07) is 0. The van der Waals surface area contributed by atoms with Gasteiger partial charge in [0, 0.05) is 48.4 Å². The van der Waals surface area contributed by atoms with E-state index in [2.05, 4.69) is 25.3 Å². The molecule has 12 heteroatoms. The molecule has 166 valence electrons. The Hall–Kier alpha value is -3.05. The van der Waals surface area contributed by atoms with Gasteiger partial charge in [-0.2, -0.15) is 4.98 Å². The molecule has 3 aromatic heterocycles. The Morgan fingerprint density at radius 1 is 1.16 bits per heavy atom. The predicted molar refractivity (Wildman–Crippen MR) is 113 cm³/mol. The monoisotopic (exact) mass is 477 g/mol. The highest BCUT2D eigenvalue weighted by atomic mass is 35.5. The number of pyridine rings is 1. The van der Waals surface area contributed by atoms with E-state index >= 15 is 4.39 Å². The van der Waals surface area contributed by atoms with Crippen LogP contribution < -0.4 is 10.1 Å². The van der Waals surface area contributed by atoms with Gasteiger partial charge < -0.3 is 15.0 Å². The third-order valence-electron chi connectivity index (χ3n) is 5.44. The molecule has 32 heavy (non-hydrogen) atoms. The van der Waals surface area contributed by atoms with Gasteiger partial charge in [-0.25, -0.2) is 22.8 Å². The molecule has 0 atom stereocenters. The number of amides is 1. The summed E-state index contributed by atoms with van der Waals surface area (Å²) in [5.41, 5.74) is 3.75. The first-order valence-corrected chi connectivity index (χ1v) is 12.2. The zero-order chi connectivity index (χ0) is 22.6. The molecule has 0 aromatic carbocycles. The zero-order valence-corrected chi connectivity index (χ0v) is 18.4. The lowest BCUT2D eigenvalue weighted by Crippen LogP contribution is -2.32. The first kappa shape index (κ1) is 20.8. The smallest absolute Gasteiger partial charge is 0.258 e. The number of fused-ring (bicyclic) bond motifs is 5. The Labute approximate surface area is 187 Å². The lowest BCUT2D eigenvalue weighted by Gasteiger charge is -2.19. The normalized spacial score (nSPS) is 14.9. The molecule has 0 bridgehead atoms. The lowest BCUT2D eigenvalue weighted by molar-refractivity contribution is 0.0945. The number of H-pyrrole nitrogens is 1. The molecule has 1 aliphatic carbocycles. The molecule has 2 N–H and O–H groups in total. The van der Waals surface area contributed by atoms with Crippen LogP contribution in [0.1, 0.15) is 32.7 Å². The Morgan fingerprint density at radius 3 is 2.75 bits per heavy atom. The van der Waals surface area contributed by atoms with Gasteiger partial charge in [-0.3, -0.25) is 4.79 Å². The summed E-state index contributed by atoms with van der Waals surface area (Å²) in [7, 11) is -3.44. The molecule has 0 spiro atoms. The van der Waals surface area contributed by atoms with Gasteiger partial charge in [0.25, 0.3) is 11.8 Å². The highest BCUT2D eigenvalue weighted by Crippen LogP contribution is 2.41.